The zero-order valence-corrected chi connectivity index (χ0v) is 17.8. The summed E-state index contributed by atoms with van der Waals surface area (Å²) in [6.45, 7) is 11.0. The smallest absolute Gasteiger partial charge is 0.237 e. The summed E-state index contributed by atoms with van der Waals surface area (Å²) >= 11 is 0. The Bertz CT molecular complexity index is 773. The van der Waals surface area contributed by atoms with Gasteiger partial charge in [-0.2, -0.15) is 0 Å². The number of rotatable bonds is 8. The lowest BCUT2D eigenvalue weighted by Gasteiger charge is -2.39. The molecule has 5 nitrogen and oxygen atoms in total. The van der Waals surface area contributed by atoms with Gasteiger partial charge >= 0.3 is 0 Å². The van der Waals surface area contributed by atoms with Gasteiger partial charge in [0.25, 0.3) is 0 Å². The largest absolute Gasteiger partial charge is 0.492 e. The SMILES string of the molecule is CCOc1ccccc1N1CCN(C(C)C(=O)NCC(C)c2ccccc2)CC1. The highest BCUT2D eigenvalue weighted by molar-refractivity contribution is 5.81. The number of hydrogen-bond donors (Lipinski definition) is 1. The third-order valence-corrected chi connectivity index (χ3v) is 5.70. The van der Waals surface area contributed by atoms with E-state index in [4.69, 9.17) is 4.74 Å². The Balaban J connectivity index is 1.49. The summed E-state index contributed by atoms with van der Waals surface area (Å²) < 4.78 is 5.77. The van der Waals surface area contributed by atoms with Crippen molar-refractivity contribution in [2.75, 3.05) is 44.2 Å². The van der Waals surface area contributed by atoms with E-state index in [-0.39, 0.29) is 11.9 Å². The lowest BCUT2D eigenvalue weighted by molar-refractivity contribution is -0.126. The Kier molecular flexibility index (Phi) is 7.53. The summed E-state index contributed by atoms with van der Waals surface area (Å²) in [6, 6.07) is 18.4. The fourth-order valence-corrected chi connectivity index (χ4v) is 3.81. The molecule has 0 aromatic heterocycles. The van der Waals surface area contributed by atoms with Crippen molar-refractivity contribution in [1.29, 1.82) is 0 Å². The van der Waals surface area contributed by atoms with E-state index in [1.165, 1.54) is 5.56 Å². The van der Waals surface area contributed by atoms with Crippen molar-refractivity contribution in [2.24, 2.45) is 0 Å². The molecule has 2 unspecified atom stereocenters. The first-order valence-electron chi connectivity index (χ1n) is 10.6. The van der Waals surface area contributed by atoms with Gasteiger partial charge in [0.15, 0.2) is 0 Å². The van der Waals surface area contributed by atoms with Gasteiger partial charge in [-0.1, -0.05) is 49.4 Å². The summed E-state index contributed by atoms with van der Waals surface area (Å²) in [5.74, 6) is 1.35. The molecule has 2 aromatic rings. The van der Waals surface area contributed by atoms with Crippen LogP contribution in [0.5, 0.6) is 5.75 Å². The van der Waals surface area contributed by atoms with Gasteiger partial charge in [0.05, 0.1) is 18.3 Å². The van der Waals surface area contributed by atoms with Gasteiger partial charge in [-0.3, -0.25) is 9.69 Å². The average Bonchev–Trinajstić information content (AvgIpc) is 2.78. The summed E-state index contributed by atoms with van der Waals surface area (Å²) in [7, 11) is 0. The van der Waals surface area contributed by atoms with E-state index in [9.17, 15) is 4.79 Å². The van der Waals surface area contributed by atoms with Crippen LogP contribution >= 0.6 is 0 Å². The first-order valence-corrected chi connectivity index (χ1v) is 10.6. The molecule has 1 N–H and O–H groups in total. The van der Waals surface area contributed by atoms with Crippen LogP contribution in [0.25, 0.3) is 0 Å². The normalized spacial score (nSPS) is 16.9. The number of carbonyl (C=O) groups is 1. The first-order chi connectivity index (χ1) is 14.1. The van der Waals surface area contributed by atoms with E-state index in [1.807, 2.05) is 50.2 Å². The van der Waals surface area contributed by atoms with E-state index in [0.29, 0.717) is 19.1 Å². The second kappa shape index (κ2) is 10.3. The highest BCUT2D eigenvalue weighted by Crippen LogP contribution is 2.29. The number of anilines is 1. The molecule has 5 heteroatoms. The van der Waals surface area contributed by atoms with Gasteiger partial charge in [-0.05, 0) is 37.5 Å². The number of nitrogens with zero attached hydrogens (tertiary/aromatic N) is 2. The van der Waals surface area contributed by atoms with Gasteiger partial charge in [0.2, 0.25) is 5.91 Å². The van der Waals surface area contributed by atoms with Gasteiger partial charge in [-0.25, -0.2) is 0 Å². The Hall–Kier alpha value is -2.53. The molecular formula is C24H33N3O2. The summed E-state index contributed by atoms with van der Waals surface area (Å²) in [6.07, 6.45) is 0. The highest BCUT2D eigenvalue weighted by atomic mass is 16.5. The summed E-state index contributed by atoms with van der Waals surface area (Å²) in [4.78, 5) is 17.3. The van der Waals surface area contributed by atoms with Crippen LogP contribution in [0.1, 0.15) is 32.3 Å². The quantitative estimate of drug-likeness (QED) is 0.743. The number of nitrogens with one attached hydrogen (secondary N) is 1. The molecule has 1 amide bonds. The monoisotopic (exact) mass is 395 g/mol. The van der Waals surface area contributed by atoms with Crippen LogP contribution in [0.4, 0.5) is 5.69 Å². The number of amides is 1. The molecule has 1 aliphatic heterocycles. The lowest BCUT2D eigenvalue weighted by atomic mass is 10.0. The van der Waals surface area contributed by atoms with Crippen molar-refractivity contribution < 1.29 is 9.53 Å². The van der Waals surface area contributed by atoms with Crippen LogP contribution in [0.2, 0.25) is 0 Å². The third-order valence-electron chi connectivity index (χ3n) is 5.70. The number of piperazine rings is 1. The number of hydrogen-bond acceptors (Lipinski definition) is 4. The van der Waals surface area contributed by atoms with Crippen molar-refractivity contribution in [3.05, 3.63) is 60.2 Å². The molecule has 1 fully saturated rings. The topological polar surface area (TPSA) is 44.8 Å². The molecule has 0 bridgehead atoms. The molecule has 1 aliphatic rings. The average molecular weight is 396 g/mol. The summed E-state index contributed by atoms with van der Waals surface area (Å²) in [5.41, 5.74) is 2.39. The lowest BCUT2D eigenvalue weighted by Crippen LogP contribution is -2.54. The molecule has 0 aliphatic carbocycles. The Labute approximate surface area is 174 Å². The minimum absolute atomic E-state index is 0.107. The Morgan fingerprint density at radius 1 is 1.00 bits per heavy atom. The minimum atomic E-state index is -0.123. The molecule has 0 spiro atoms. The molecule has 3 rings (SSSR count). The standard InChI is InChI=1S/C24H33N3O2/c1-4-29-23-13-9-8-12-22(23)27-16-14-26(15-17-27)20(3)24(28)25-18-19(2)21-10-6-5-7-11-21/h5-13,19-20H,4,14-18H2,1-3H3,(H,25,28). The number of para-hydroxylation sites is 2. The van der Waals surface area contributed by atoms with E-state index >= 15 is 0 Å². The predicted molar refractivity (Wildman–Crippen MR) is 119 cm³/mol. The van der Waals surface area contributed by atoms with Crippen LogP contribution in [-0.2, 0) is 4.79 Å². The van der Waals surface area contributed by atoms with Crippen molar-refractivity contribution in [3.63, 3.8) is 0 Å². The third kappa shape index (κ3) is 5.51. The molecule has 1 saturated heterocycles. The maximum Gasteiger partial charge on any atom is 0.237 e. The van der Waals surface area contributed by atoms with Gasteiger partial charge in [0, 0.05) is 32.7 Å². The molecule has 2 atom stereocenters. The van der Waals surface area contributed by atoms with Crippen LogP contribution in [0.15, 0.2) is 54.6 Å². The number of carbonyl (C=O) groups excluding carboxylic acids is 1. The maximum atomic E-state index is 12.7. The second-order valence-electron chi connectivity index (χ2n) is 7.66. The van der Waals surface area contributed by atoms with Crippen molar-refractivity contribution >= 4 is 11.6 Å². The Morgan fingerprint density at radius 3 is 2.34 bits per heavy atom. The van der Waals surface area contributed by atoms with E-state index in [2.05, 4.69) is 40.2 Å². The molecular weight excluding hydrogens is 362 g/mol. The second-order valence-corrected chi connectivity index (χ2v) is 7.66. The zero-order chi connectivity index (χ0) is 20.6. The number of ether oxygens (including phenoxy) is 1. The summed E-state index contributed by atoms with van der Waals surface area (Å²) in [5, 5.41) is 3.13. The van der Waals surface area contributed by atoms with Crippen molar-refractivity contribution in [2.45, 2.75) is 32.7 Å². The highest BCUT2D eigenvalue weighted by Gasteiger charge is 2.26. The fourth-order valence-electron chi connectivity index (χ4n) is 3.81. The predicted octanol–water partition coefficient (Wildman–Crippen LogP) is 3.52. The van der Waals surface area contributed by atoms with Crippen LogP contribution in [0, 0.1) is 0 Å². The number of benzene rings is 2. The van der Waals surface area contributed by atoms with Crippen LogP contribution in [0.3, 0.4) is 0 Å². The van der Waals surface area contributed by atoms with Crippen molar-refractivity contribution in [1.82, 2.24) is 10.2 Å². The van der Waals surface area contributed by atoms with E-state index in [0.717, 1.165) is 37.6 Å². The molecule has 1 heterocycles. The fraction of sp³-hybridized carbons (Fsp3) is 0.458. The first kappa shape index (κ1) is 21.2. The molecule has 156 valence electrons. The Morgan fingerprint density at radius 2 is 1.66 bits per heavy atom. The molecule has 2 aromatic carbocycles. The molecule has 0 saturated carbocycles. The van der Waals surface area contributed by atoms with Crippen LogP contribution < -0.4 is 15.0 Å². The maximum absolute atomic E-state index is 12.7. The molecule has 29 heavy (non-hydrogen) atoms. The van der Waals surface area contributed by atoms with Gasteiger partial charge in [0.1, 0.15) is 5.75 Å². The van der Waals surface area contributed by atoms with E-state index in [1.54, 1.807) is 0 Å². The molecule has 0 radical (unpaired) electrons. The zero-order valence-electron chi connectivity index (χ0n) is 17.8. The minimum Gasteiger partial charge on any atom is -0.492 e. The van der Waals surface area contributed by atoms with E-state index < -0.39 is 0 Å². The van der Waals surface area contributed by atoms with Gasteiger partial charge in [-0.15, -0.1) is 0 Å². The van der Waals surface area contributed by atoms with Crippen LogP contribution in [-0.4, -0.2) is 56.2 Å². The van der Waals surface area contributed by atoms with Gasteiger partial charge < -0.3 is 15.0 Å². The van der Waals surface area contributed by atoms with Crippen molar-refractivity contribution in [3.8, 4) is 5.75 Å².